The van der Waals surface area contributed by atoms with Crippen LogP contribution in [-0.4, -0.2) is 5.91 Å². The van der Waals surface area contributed by atoms with E-state index in [4.69, 9.17) is 0 Å². The Morgan fingerprint density at radius 3 is 2.37 bits per heavy atom. The molecule has 3 nitrogen and oxygen atoms in total. The molecule has 0 saturated heterocycles. The lowest BCUT2D eigenvalue weighted by Gasteiger charge is -2.17. The van der Waals surface area contributed by atoms with Crippen LogP contribution in [0.15, 0.2) is 30.3 Å². The van der Waals surface area contributed by atoms with Crippen LogP contribution < -0.4 is 5.32 Å². The fourth-order valence-electron chi connectivity index (χ4n) is 2.64. The molecule has 1 N–H and O–H groups in total. The highest BCUT2D eigenvalue weighted by atomic mass is 16.1. The minimum Gasteiger partial charge on any atom is -0.336 e. The molecule has 1 aliphatic carbocycles. The highest BCUT2D eigenvalue weighted by molar-refractivity contribution is 5.79. The average Bonchev–Trinajstić information content (AvgIpc) is 2.74. The van der Waals surface area contributed by atoms with Gasteiger partial charge in [-0.2, -0.15) is 5.26 Å². The fraction of sp³-hybridized carbons (Fsp3) is 0.500. The Bertz CT molecular complexity index is 442. The molecule has 3 heteroatoms. The second kappa shape index (κ2) is 6.94. The molecule has 0 radical (unpaired) electrons. The largest absolute Gasteiger partial charge is 0.336 e. The summed E-state index contributed by atoms with van der Waals surface area (Å²) in [7, 11) is 0. The highest BCUT2D eigenvalue weighted by Gasteiger charge is 2.22. The van der Waals surface area contributed by atoms with Crippen LogP contribution in [0.2, 0.25) is 0 Å². The van der Waals surface area contributed by atoms with Crippen molar-refractivity contribution in [3.05, 3.63) is 35.9 Å². The summed E-state index contributed by atoms with van der Waals surface area (Å²) in [6.07, 6.45) is 6.62. The predicted molar refractivity (Wildman–Crippen MR) is 74.1 cm³/mol. The molecule has 1 aromatic rings. The van der Waals surface area contributed by atoms with Gasteiger partial charge in [0.25, 0.3) is 0 Å². The van der Waals surface area contributed by atoms with E-state index in [1.165, 1.54) is 12.8 Å². The Labute approximate surface area is 114 Å². The molecular formula is C16H20N2O. The lowest BCUT2D eigenvalue weighted by molar-refractivity contribution is -0.125. The number of carbonyl (C=O) groups is 1. The van der Waals surface area contributed by atoms with E-state index in [0.29, 0.717) is 0 Å². The molecule has 0 aromatic heterocycles. The van der Waals surface area contributed by atoms with Gasteiger partial charge in [-0.05, 0) is 18.4 Å². The summed E-state index contributed by atoms with van der Waals surface area (Å²) in [5.41, 5.74) is 0.854. The van der Waals surface area contributed by atoms with Crippen molar-refractivity contribution in [2.75, 3.05) is 0 Å². The van der Waals surface area contributed by atoms with Crippen molar-refractivity contribution in [1.29, 1.82) is 5.26 Å². The van der Waals surface area contributed by atoms with E-state index in [1.54, 1.807) is 0 Å². The molecule has 1 unspecified atom stereocenters. The molecule has 0 bridgehead atoms. The lowest BCUT2D eigenvalue weighted by Crippen LogP contribution is -2.33. The summed E-state index contributed by atoms with van der Waals surface area (Å²) in [6.45, 7) is 0. The third kappa shape index (κ3) is 3.82. The second-order valence-electron chi connectivity index (χ2n) is 5.17. The van der Waals surface area contributed by atoms with Crippen LogP contribution in [0.4, 0.5) is 0 Å². The van der Waals surface area contributed by atoms with Crippen molar-refractivity contribution in [3.63, 3.8) is 0 Å². The van der Waals surface area contributed by atoms with Crippen LogP contribution in [0.3, 0.4) is 0 Å². The summed E-state index contributed by atoms with van der Waals surface area (Å²) < 4.78 is 0. The smallest absolute Gasteiger partial charge is 0.224 e. The fourth-order valence-corrected chi connectivity index (χ4v) is 2.64. The molecule has 1 aromatic carbocycles. The Balaban J connectivity index is 1.98. The van der Waals surface area contributed by atoms with Gasteiger partial charge < -0.3 is 5.32 Å². The molecule has 0 aliphatic heterocycles. The van der Waals surface area contributed by atoms with Gasteiger partial charge in [-0.1, -0.05) is 56.0 Å². The van der Waals surface area contributed by atoms with Crippen molar-refractivity contribution < 1.29 is 4.79 Å². The van der Waals surface area contributed by atoms with Crippen LogP contribution in [0, 0.1) is 17.2 Å². The number of nitriles is 1. The molecule has 19 heavy (non-hydrogen) atoms. The maximum Gasteiger partial charge on any atom is 0.224 e. The monoisotopic (exact) mass is 256 g/mol. The van der Waals surface area contributed by atoms with Gasteiger partial charge in [0.15, 0.2) is 0 Å². The number of hydrogen-bond acceptors (Lipinski definition) is 2. The van der Waals surface area contributed by atoms with Gasteiger partial charge in [0.1, 0.15) is 6.04 Å². The number of nitrogens with zero attached hydrogens (tertiary/aromatic N) is 1. The van der Waals surface area contributed by atoms with Gasteiger partial charge in [0, 0.05) is 5.92 Å². The first-order valence-electron chi connectivity index (χ1n) is 7.06. The average molecular weight is 256 g/mol. The molecular weight excluding hydrogens is 236 g/mol. The minimum atomic E-state index is -0.531. The second-order valence-corrected chi connectivity index (χ2v) is 5.17. The Hall–Kier alpha value is -1.82. The lowest BCUT2D eigenvalue weighted by atomic mass is 9.98. The van der Waals surface area contributed by atoms with Crippen LogP contribution in [0.5, 0.6) is 0 Å². The zero-order chi connectivity index (χ0) is 13.5. The number of rotatable bonds is 3. The van der Waals surface area contributed by atoms with Crippen molar-refractivity contribution in [2.45, 2.75) is 44.6 Å². The number of benzene rings is 1. The van der Waals surface area contributed by atoms with Crippen LogP contribution >= 0.6 is 0 Å². The minimum absolute atomic E-state index is 0.0392. The van der Waals surface area contributed by atoms with Gasteiger partial charge in [-0.25, -0.2) is 0 Å². The van der Waals surface area contributed by atoms with E-state index in [9.17, 15) is 10.1 Å². The molecule has 0 spiro atoms. The van der Waals surface area contributed by atoms with Gasteiger partial charge in [-0.3, -0.25) is 4.79 Å². The number of carbonyl (C=O) groups excluding carboxylic acids is 1. The summed E-state index contributed by atoms with van der Waals surface area (Å²) in [4.78, 5) is 12.2. The molecule has 2 rings (SSSR count). The van der Waals surface area contributed by atoms with E-state index in [2.05, 4.69) is 11.4 Å². The summed E-state index contributed by atoms with van der Waals surface area (Å²) in [6, 6.07) is 11.1. The van der Waals surface area contributed by atoms with Gasteiger partial charge in [0.05, 0.1) is 6.07 Å². The van der Waals surface area contributed by atoms with Crippen molar-refractivity contribution in [3.8, 4) is 6.07 Å². The molecule has 0 heterocycles. The Morgan fingerprint density at radius 2 is 1.79 bits per heavy atom. The van der Waals surface area contributed by atoms with Crippen molar-refractivity contribution in [2.24, 2.45) is 5.92 Å². The third-order valence-corrected chi connectivity index (χ3v) is 3.77. The Kier molecular flexibility index (Phi) is 4.97. The third-order valence-electron chi connectivity index (χ3n) is 3.77. The quantitative estimate of drug-likeness (QED) is 0.843. The first-order valence-corrected chi connectivity index (χ1v) is 7.06. The van der Waals surface area contributed by atoms with Gasteiger partial charge >= 0.3 is 0 Å². The van der Waals surface area contributed by atoms with Gasteiger partial charge in [-0.15, -0.1) is 0 Å². The SMILES string of the molecule is N#CC(NC(=O)C1CCCCCC1)c1ccccc1. The highest BCUT2D eigenvalue weighted by Crippen LogP contribution is 2.24. The van der Waals surface area contributed by atoms with Crippen LogP contribution in [0.1, 0.15) is 50.1 Å². The first-order chi connectivity index (χ1) is 9.31. The summed E-state index contributed by atoms with van der Waals surface area (Å²) >= 11 is 0. The zero-order valence-electron chi connectivity index (χ0n) is 11.1. The molecule has 100 valence electrons. The standard InChI is InChI=1S/C16H20N2O/c17-12-15(13-8-6-3-7-9-13)18-16(19)14-10-4-1-2-5-11-14/h3,6-9,14-15H,1-2,4-5,10-11H2,(H,18,19). The molecule has 1 fully saturated rings. The topological polar surface area (TPSA) is 52.9 Å². The molecule has 1 aliphatic rings. The summed E-state index contributed by atoms with van der Waals surface area (Å²) in [5, 5.41) is 12.1. The predicted octanol–water partition coefficient (Wildman–Crippen LogP) is 3.34. The molecule has 1 atom stereocenters. The van der Waals surface area contributed by atoms with Crippen molar-refractivity contribution >= 4 is 5.91 Å². The number of amides is 1. The van der Waals surface area contributed by atoms with E-state index in [0.717, 1.165) is 31.2 Å². The van der Waals surface area contributed by atoms with E-state index < -0.39 is 6.04 Å². The van der Waals surface area contributed by atoms with Crippen molar-refractivity contribution in [1.82, 2.24) is 5.32 Å². The van der Waals surface area contributed by atoms with Gasteiger partial charge in [0.2, 0.25) is 5.91 Å². The molecule has 1 amide bonds. The number of hydrogen-bond donors (Lipinski definition) is 1. The number of nitrogens with one attached hydrogen (secondary N) is 1. The van der Waals surface area contributed by atoms with Crippen LogP contribution in [0.25, 0.3) is 0 Å². The van der Waals surface area contributed by atoms with E-state index >= 15 is 0 Å². The summed E-state index contributed by atoms with van der Waals surface area (Å²) in [5.74, 6) is 0.124. The zero-order valence-corrected chi connectivity index (χ0v) is 11.1. The van der Waals surface area contributed by atoms with Crippen LogP contribution in [-0.2, 0) is 4.79 Å². The molecule has 1 saturated carbocycles. The maximum atomic E-state index is 12.2. The maximum absolute atomic E-state index is 12.2. The van der Waals surface area contributed by atoms with E-state index in [-0.39, 0.29) is 11.8 Å². The Morgan fingerprint density at radius 1 is 1.16 bits per heavy atom. The first kappa shape index (κ1) is 13.6. The normalized spacial score (nSPS) is 18.1. The van der Waals surface area contributed by atoms with E-state index in [1.807, 2.05) is 30.3 Å².